The fraction of sp³-hybridized carbons (Fsp3) is 0.375. The van der Waals surface area contributed by atoms with Gasteiger partial charge in [-0.3, -0.25) is 4.79 Å². The molecule has 5 heteroatoms. The van der Waals surface area contributed by atoms with E-state index in [0.717, 1.165) is 0 Å². The molecule has 1 rings (SSSR count). The van der Waals surface area contributed by atoms with Crippen LogP contribution in [0, 0.1) is 0 Å². The van der Waals surface area contributed by atoms with Gasteiger partial charge in [-0.2, -0.15) is 0 Å². The SMILES string of the molecule is O=C(CCCCl)c1cc(Cl)sc1Cl. The average molecular weight is 258 g/mol. The van der Waals surface area contributed by atoms with Crippen molar-refractivity contribution in [3.63, 3.8) is 0 Å². The van der Waals surface area contributed by atoms with Crippen molar-refractivity contribution >= 4 is 51.9 Å². The van der Waals surface area contributed by atoms with Crippen LogP contribution >= 0.6 is 46.1 Å². The Balaban J connectivity index is 2.70. The summed E-state index contributed by atoms with van der Waals surface area (Å²) in [4.78, 5) is 11.4. The third-order valence-electron chi connectivity index (χ3n) is 1.49. The lowest BCUT2D eigenvalue weighted by atomic mass is 10.1. The van der Waals surface area contributed by atoms with E-state index in [9.17, 15) is 4.79 Å². The van der Waals surface area contributed by atoms with E-state index in [1.165, 1.54) is 11.3 Å². The van der Waals surface area contributed by atoms with Crippen molar-refractivity contribution < 1.29 is 4.79 Å². The van der Waals surface area contributed by atoms with Gasteiger partial charge >= 0.3 is 0 Å². The second-order valence-electron chi connectivity index (χ2n) is 2.45. The van der Waals surface area contributed by atoms with Crippen LogP contribution in [0.15, 0.2) is 6.07 Å². The minimum atomic E-state index is 0.00815. The fourth-order valence-corrected chi connectivity index (χ4v) is 2.53. The molecule has 0 fully saturated rings. The lowest BCUT2D eigenvalue weighted by molar-refractivity contribution is 0.0982. The summed E-state index contributed by atoms with van der Waals surface area (Å²) in [5.74, 6) is 0.495. The third kappa shape index (κ3) is 3.13. The molecule has 0 aromatic carbocycles. The first kappa shape index (κ1) is 11.3. The summed E-state index contributed by atoms with van der Waals surface area (Å²) < 4.78 is 1.00. The Kier molecular flexibility index (Phi) is 4.53. The summed E-state index contributed by atoms with van der Waals surface area (Å²) in [5.41, 5.74) is 0.516. The Morgan fingerprint density at radius 1 is 1.46 bits per heavy atom. The van der Waals surface area contributed by atoms with Crippen LogP contribution in [0.1, 0.15) is 23.2 Å². The van der Waals surface area contributed by atoms with Crippen molar-refractivity contribution in [2.24, 2.45) is 0 Å². The van der Waals surface area contributed by atoms with Crippen LogP contribution in [0.5, 0.6) is 0 Å². The van der Waals surface area contributed by atoms with Crippen LogP contribution in [0.4, 0.5) is 0 Å². The van der Waals surface area contributed by atoms with E-state index in [1.807, 2.05) is 0 Å². The first-order valence-corrected chi connectivity index (χ1v) is 5.80. The highest BCUT2D eigenvalue weighted by atomic mass is 35.5. The number of alkyl halides is 1. The van der Waals surface area contributed by atoms with Gasteiger partial charge < -0.3 is 0 Å². The Hall–Kier alpha value is 0.240. The van der Waals surface area contributed by atoms with Gasteiger partial charge in [0.1, 0.15) is 4.34 Å². The molecule has 1 aromatic heterocycles. The molecule has 0 unspecified atom stereocenters. The van der Waals surface area contributed by atoms with Crippen LogP contribution in [0.2, 0.25) is 8.67 Å². The molecule has 1 heterocycles. The van der Waals surface area contributed by atoms with Crippen molar-refractivity contribution in [1.29, 1.82) is 0 Å². The highest BCUT2D eigenvalue weighted by Crippen LogP contribution is 2.31. The Morgan fingerprint density at radius 3 is 2.62 bits per heavy atom. The van der Waals surface area contributed by atoms with E-state index in [0.29, 0.717) is 33.0 Å². The standard InChI is InChI=1S/C8H7Cl3OS/c9-3-1-2-6(12)5-4-7(10)13-8(5)11/h4H,1-3H2. The molecule has 0 spiro atoms. The highest BCUT2D eigenvalue weighted by Gasteiger charge is 2.13. The number of ketones is 1. The van der Waals surface area contributed by atoms with Crippen molar-refractivity contribution in [3.8, 4) is 0 Å². The average Bonchev–Trinajstić information content (AvgIpc) is 2.41. The minimum Gasteiger partial charge on any atom is -0.294 e. The Labute approximate surface area is 95.6 Å². The van der Waals surface area contributed by atoms with E-state index in [-0.39, 0.29) is 5.78 Å². The van der Waals surface area contributed by atoms with E-state index >= 15 is 0 Å². The number of hydrogen-bond donors (Lipinski definition) is 0. The van der Waals surface area contributed by atoms with Gasteiger partial charge in [-0.05, 0) is 12.5 Å². The summed E-state index contributed by atoms with van der Waals surface area (Å²) in [5, 5.41) is 0. The van der Waals surface area contributed by atoms with E-state index < -0.39 is 0 Å². The van der Waals surface area contributed by atoms with Gasteiger partial charge in [-0.1, -0.05) is 23.2 Å². The molecule has 0 radical (unpaired) electrons. The normalized spacial score (nSPS) is 10.4. The van der Waals surface area contributed by atoms with E-state index in [1.54, 1.807) is 6.07 Å². The molecular weight excluding hydrogens is 251 g/mol. The molecular formula is C8H7Cl3OS. The van der Waals surface area contributed by atoms with Gasteiger partial charge in [0.15, 0.2) is 5.78 Å². The second kappa shape index (κ2) is 5.20. The molecule has 1 nitrogen and oxygen atoms in total. The second-order valence-corrected chi connectivity index (χ2v) is 5.12. The molecule has 72 valence electrons. The Bertz CT molecular complexity index is 308. The molecule has 13 heavy (non-hydrogen) atoms. The largest absolute Gasteiger partial charge is 0.294 e. The van der Waals surface area contributed by atoms with Crippen LogP contribution in [-0.2, 0) is 0 Å². The lowest BCUT2D eigenvalue weighted by Gasteiger charge is -1.95. The minimum absolute atomic E-state index is 0.00815. The molecule has 1 aromatic rings. The number of halogens is 3. The zero-order valence-corrected chi connectivity index (χ0v) is 9.73. The molecule has 0 saturated heterocycles. The summed E-state index contributed by atoms with van der Waals surface area (Å²) in [6.07, 6.45) is 1.10. The van der Waals surface area contributed by atoms with Crippen molar-refractivity contribution in [3.05, 3.63) is 20.3 Å². The fourth-order valence-electron chi connectivity index (χ4n) is 0.892. The van der Waals surface area contributed by atoms with Crippen LogP contribution in [0.25, 0.3) is 0 Å². The van der Waals surface area contributed by atoms with Gasteiger partial charge in [0.2, 0.25) is 0 Å². The number of carbonyl (C=O) groups excluding carboxylic acids is 1. The molecule has 0 atom stereocenters. The highest BCUT2D eigenvalue weighted by molar-refractivity contribution is 7.20. The number of rotatable bonds is 4. The van der Waals surface area contributed by atoms with Crippen molar-refractivity contribution in [1.82, 2.24) is 0 Å². The topological polar surface area (TPSA) is 17.1 Å². The number of hydrogen-bond acceptors (Lipinski definition) is 2. The molecule has 0 N–H and O–H groups in total. The maximum atomic E-state index is 11.4. The molecule has 0 aliphatic rings. The van der Waals surface area contributed by atoms with Crippen LogP contribution < -0.4 is 0 Å². The van der Waals surface area contributed by atoms with Crippen LogP contribution in [0.3, 0.4) is 0 Å². The molecule has 0 aliphatic heterocycles. The van der Waals surface area contributed by atoms with E-state index in [4.69, 9.17) is 34.8 Å². The van der Waals surface area contributed by atoms with Gasteiger partial charge in [-0.15, -0.1) is 22.9 Å². The van der Waals surface area contributed by atoms with Gasteiger partial charge in [0.05, 0.1) is 4.34 Å². The summed E-state index contributed by atoms with van der Waals surface area (Å²) in [7, 11) is 0. The first-order chi connectivity index (χ1) is 6.15. The maximum absolute atomic E-state index is 11.4. The number of thiophene rings is 1. The third-order valence-corrected chi connectivity index (χ3v) is 3.25. The smallest absolute Gasteiger partial charge is 0.165 e. The zero-order chi connectivity index (χ0) is 9.84. The first-order valence-electron chi connectivity index (χ1n) is 3.69. The number of Topliss-reactive ketones (excluding diaryl/α,β-unsaturated/α-hetero) is 1. The predicted molar refractivity (Wildman–Crippen MR) is 58.6 cm³/mol. The van der Waals surface area contributed by atoms with Gasteiger partial charge in [0.25, 0.3) is 0 Å². The molecule has 0 bridgehead atoms. The summed E-state index contributed by atoms with van der Waals surface area (Å²) in [6.45, 7) is 0. The Morgan fingerprint density at radius 2 is 2.15 bits per heavy atom. The van der Waals surface area contributed by atoms with Gasteiger partial charge in [0, 0.05) is 17.9 Å². The van der Waals surface area contributed by atoms with E-state index in [2.05, 4.69) is 0 Å². The zero-order valence-electron chi connectivity index (χ0n) is 6.65. The summed E-state index contributed by atoms with van der Waals surface area (Å²) in [6, 6.07) is 1.60. The molecule has 0 amide bonds. The molecule has 0 aliphatic carbocycles. The van der Waals surface area contributed by atoms with Crippen molar-refractivity contribution in [2.45, 2.75) is 12.8 Å². The predicted octanol–water partition coefficient (Wildman–Crippen LogP) is 4.26. The number of carbonyl (C=O) groups is 1. The maximum Gasteiger partial charge on any atom is 0.165 e. The molecule has 0 saturated carbocycles. The monoisotopic (exact) mass is 256 g/mol. The lowest BCUT2D eigenvalue weighted by Crippen LogP contribution is -1.97. The quantitative estimate of drug-likeness (QED) is 0.582. The van der Waals surface area contributed by atoms with Crippen LogP contribution in [-0.4, -0.2) is 11.7 Å². The van der Waals surface area contributed by atoms with Crippen molar-refractivity contribution in [2.75, 3.05) is 5.88 Å². The van der Waals surface area contributed by atoms with Gasteiger partial charge in [-0.25, -0.2) is 0 Å². The summed E-state index contributed by atoms with van der Waals surface area (Å²) >= 11 is 18.2.